The monoisotopic (exact) mass is 425 g/mol. The Kier molecular flexibility index (Phi) is 7.24. The average Bonchev–Trinajstić information content (AvgIpc) is 3.14. The molecule has 0 atom stereocenters. The van der Waals surface area contributed by atoms with Gasteiger partial charge in [0.2, 0.25) is 5.91 Å². The Labute approximate surface area is 181 Å². The molecule has 0 unspecified atom stereocenters. The Morgan fingerprint density at radius 3 is 2.40 bits per heavy atom. The van der Waals surface area contributed by atoms with Crippen LogP contribution in [0.4, 0.5) is 11.4 Å². The summed E-state index contributed by atoms with van der Waals surface area (Å²) in [6.45, 7) is 6.58. The molecule has 1 amide bonds. The van der Waals surface area contributed by atoms with Gasteiger partial charge in [-0.3, -0.25) is 14.5 Å². The van der Waals surface area contributed by atoms with Gasteiger partial charge in [-0.1, -0.05) is 0 Å². The minimum Gasteiger partial charge on any atom is -0.497 e. The number of hydrogen-bond acceptors (Lipinski definition) is 5. The van der Waals surface area contributed by atoms with Crippen LogP contribution in [0, 0.1) is 4.77 Å². The summed E-state index contributed by atoms with van der Waals surface area (Å²) in [5, 5.41) is 10.1. The van der Waals surface area contributed by atoms with Gasteiger partial charge in [0.05, 0.1) is 7.11 Å². The number of aromatic amines is 1. The standard InChI is InChI=1S/C22H27N5O2S/c1-4-26(5-2)18-10-8-17(9-11-18)23-20(28)14-15-27-21(24-25-22(27)30)16-6-12-19(29-3)13-7-16/h6-13H,4-5,14-15H2,1-3H3,(H,23,28)(H,25,30). The molecule has 0 saturated carbocycles. The molecule has 0 aliphatic carbocycles. The van der Waals surface area contributed by atoms with E-state index in [1.807, 2.05) is 53.1 Å². The van der Waals surface area contributed by atoms with Crippen molar-refractivity contribution in [3.05, 3.63) is 53.3 Å². The van der Waals surface area contributed by atoms with Crippen LogP contribution in [0.5, 0.6) is 5.75 Å². The predicted octanol–water partition coefficient (Wildman–Crippen LogP) is 4.49. The molecule has 2 N–H and O–H groups in total. The highest BCUT2D eigenvalue weighted by Crippen LogP contribution is 2.21. The largest absolute Gasteiger partial charge is 0.497 e. The van der Waals surface area contributed by atoms with Crippen LogP contribution >= 0.6 is 12.2 Å². The molecule has 0 aliphatic rings. The van der Waals surface area contributed by atoms with Crippen LogP contribution in [0.2, 0.25) is 0 Å². The molecule has 8 heteroatoms. The lowest BCUT2D eigenvalue weighted by Crippen LogP contribution is -2.21. The number of anilines is 2. The highest BCUT2D eigenvalue weighted by Gasteiger charge is 2.11. The number of carbonyl (C=O) groups is 1. The molecular weight excluding hydrogens is 398 g/mol. The maximum atomic E-state index is 12.5. The first kappa shape index (κ1) is 21.6. The third kappa shape index (κ3) is 5.07. The van der Waals surface area contributed by atoms with Crippen molar-refractivity contribution in [3.63, 3.8) is 0 Å². The molecule has 1 aromatic heterocycles. The fraction of sp³-hybridized carbons (Fsp3) is 0.318. The van der Waals surface area contributed by atoms with Crippen LogP contribution in [0.25, 0.3) is 11.4 Å². The van der Waals surface area contributed by atoms with Gasteiger partial charge < -0.3 is 15.0 Å². The Balaban J connectivity index is 1.64. The van der Waals surface area contributed by atoms with Crippen LogP contribution in [0.3, 0.4) is 0 Å². The van der Waals surface area contributed by atoms with Crippen molar-refractivity contribution in [1.82, 2.24) is 14.8 Å². The zero-order valence-electron chi connectivity index (χ0n) is 17.5. The molecule has 0 bridgehead atoms. The summed E-state index contributed by atoms with van der Waals surface area (Å²) in [4.78, 5) is 14.7. The highest BCUT2D eigenvalue weighted by atomic mass is 32.1. The quantitative estimate of drug-likeness (QED) is 0.494. The molecule has 0 saturated heterocycles. The Morgan fingerprint density at radius 1 is 1.13 bits per heavy atom. The van der Waals surface area contributed by atoms with Gasteiger partial charge in [0.15, 0.2) is 10.6 Å². The molecular formula is C22H27N5O2S. The lowest BCUT2D eigenvalue weighted by molar-refractivity contribution is -0.116. The van der Waals surface area contributed by atoms with Gasteiger partial charge >= 0.3 is 0 Å². The number of rotatable bonds is 9. The third-order valence-corrected chi connectivity index (χ3v) is 5.26. The SMILES string of the molecule is CCN(CC)c1ccc(NC(=O)CCn2c(-c3ccc(OC)cc3)n[nH]c2=S)cc1. The normalized spacial score (nSPS) is 10.6. The van der Waals surface area contributed by atoms with Gasteiger partial charge in [0.1, 0.15) is 5.75 Å². The zero-order chi connectivity index (χ0) is 21.5. The van der Waals surface area contributed by atoms with Crippen molar-refractivity contribution < 1.29 is 9.53 Å². The number of nitrogens with zero attached hydrogens (tertiary/aromatic N) is 3. The number of carbonyl (C=O) groups excluding carboxylic acids is 1. The second-order valence-electron chi connectivity index (χ2n) is 6.75. The summed E-state index contributed by atoms with van der Waals surface area (Å²) in [5.41, 5.74) is 2.82. The summed E-state index contributed by atoms with van der Waals surface area (Å²) >= 11 is 5.35. The molecule has 3 aromatic rings. The summed E-state index contributed by atoms with van der Waals surface area (Å²) in [6.07, 6.45) is 0.286. The van der Waals surface area contributed by atoms with E-state index in [0.717, 1.165) is 35.8 Å². The Bertz CT molecular complexity index is 1020. The van der Waals surface area contributed by atoms with Crippen molar-refractivity contribution >= 4 is 29.5 Å². The van der Waals surface area contributed by atoms with Gasteiger partial charge in [-0.15, -0.1) is 0 Å². The molecule has 0 aliphatic heterocycles. The lowest BCUT2D eigenvalue weighted by Gasteiger charge is -2.21. The van der Waals surface area contributed by atoms with E-state index in [0.29, 0.717) is 17.1 Å². The van der Waals surface area contributed by atoms with Crippen LogP contribution in [0.15, 0.2) is 48.5 Å². The molecule has 158 valence electrons. The van der Waals surface area contributed by atoms with Gasteiger partial charge in [0, 0.05) is 43.0 Å². The minimum absolute atomic E-state index is 0.0747. The fourth-order valence-corrected chi connectivity index (χ4v) is 3.49. The van der Waals surface area contributed by atoms with Crippen molar-refractivity contribution in [1.29, 1.82) is 0 Å². The average molecular weight is 426 g/mol. The molecule has 0 spiro atoms. The summed E-state index contributed by atoms with van der Waals surface area (Å²) in [7, 11) is 1.63. The van der Waals surface area contributed by atoms with Gasteiger partial charge in [0.25, 0.3) is 0 Å². The highest BCUT2D eigenvalue weighted by molar-refractivity contribution is 7.71. The summed E-state index contributed by atoms with van der Waals surface area (Å²) in [5.74, 6) is 1.39. The molecule has 3 rings (SSSR count). The maximum Gasteiger partial charge on any atom is 0.226 e. The van der Waals surface area contributed by atoms with Crippen molar-refractivity contribution in [2.45, 2.75) is 26.8 Å². The van der Waals surface area contributed by atoms with Gasteiger partial charge in [-0.05, 0) is 74.6 Å². The van der Waals surface area contributed by atoms with E-state index in [1.165, 1.54) is 0 Å². The molecule has 0 fully saturated rings. The predicted molar refractivity (Wildman–Crippen MR) is 123 cm³/mol. The van der Waals surface area contributed by atoms with Gasteiger partial charge in [-0.25, -0.2) is 0 Å². The zero-order valence-corrected chi connectivity index (χ0v) is 18.3. The Hall–Kier alpha value is -3.13. The van der Waals surface area contributed by atoms with Crippen molar-refractivity contribution in [2.75, 3.05) is 30.4 Å². The third-order valence-electron chi connectivity index (χ3n) is 4.95. The van der Waals surface area contributed by atoms with Crippen LogP contribution < -0.4 is 15.0 Å². The van der Waals surface area contributed by atoms with Crippen LogP contribution in [-0.4, -0.2) is 40.9 Å². The first-order valence-electron chi connectivity index (χ1n) is 10.00. The minimum atomic E-state index is -0.0747. The fourth-order valence-electron chi connectivity index (χ4n) is 3.27. The van der Waals surface area contributed by atoms with E-state index < -0.39 is 0 Å². The number of nitrogens with one attached hydrogen (secondary N) is 2. The first-order chi connectivity index (χ1) is 14.5. The van der Waals surface area contributed by atoms with Crippen LogP contribution in [-0.2, 0) is 11.3 Å². The van der Waals surface area contributed by atoms with Crippen molar-refractivity contribution in [2.24, 2.45) is 0 Å². The van der Waals surface area contributed by atoms with Gasteiger partial charge in [-0.2, -0.15) is 5.10 Å². The van der Waals surface area contributed by atoms with Crippen molar-refractivity contribution in [3.8, 4) is 17.1 Å². The number of aromatic nitrogens is 3. The first-order valence-corrected chi connectivity index (χ1v) is 10.4. The molecule has 1 heterocycles. The van der Waals surface area contributed by atoms with E-state index in [2.05, 4.69) is 34.3 Å². The number of ether oxygens (including phenoxy) is 1. The molecule has 30 heavy (non-hydrogen) atoms. The summed E-state index contributed by atoms with van der Waals surface area (Å²) in [6, 6.07) is 15.5. The molecule has 2 aromatic carbocycles. The number of hydrogen-bond donors (Lipinski definition) is 2. The van der Waals surface area contributed by atoms with Crippen LogP contribution in [0.1, 0.15) is 20.3 Å². The van der Waals surface area contributed by atoms with E-state index in [9.17, 15) is 4.79 Å². The second kappa shape index (κ2) is 10.1. The molecule has 7 nitrogen and oxygen atoms in total. The number of benzene rings is 2. The Morgan fingerprint density at radius 2 is 1.80 bits per heavy atom. The number of methoxy groups -OCH3 is 1. The smallest absolute Gasteiger partial charge is 0.226 e. The van der Waals surface area contributed by atoms with E-state index in [-0.39, 0.29) is 12.3 Å². The maximum absolute atomic E-state index is 12.5. The van der Waals surface area contributed by atoms with E-state index in [4.69, 9.17) is 17.0 Å². The summed E-state index contributed by atoms with van der Waals surface area (Å²) < 4.78 is 7.52. The number of H-pyrrole nitrogens is 1. The second-order valence-corrected chi connectivity index (χ2v) is 7.14. The van der Waals surface area contributed by atoms with E-state index in [1.54, 1.807) is 7.11 Å². The topological polar surface area (TPSA) is 75.2 Å². The number of amides is 1. The van der Waals surface area contributed by atoms with E-state index >= 15 is 0 Å². The molecule has 0 radical (unpaired) electrons. The lowest BCUT2D eigenvalue weighted by atomic mass is 10.2.